The summed E-state index contributed by atoms with van der Waals surface area (Å²) < 4.78 is 18.5. The molecule has 0 saturated carbocycles. The van der Waals surface area contributed by atoms with Gasteiger partial charge in [0.15, 0.2) is 0 Å². The van der Waals surface area contributed by atoms with Crippen molar-refractivity contribution in [1.82, 2.24) is 9.97 Å². The third kappa shape index (κ3) is 2.94. The van der Waals surface area contributed by atoms with Crippen LogP contribution >= 0.6 is 15.9 Å². The third-order valence-electron chi connectivity index (χ3n) is 2.05. The predicted octanol–water partition coefficient (Wildman–Crippen LogP) is 2.66. The van der Waals surface area contributed by atoms with Gasteiger partial charge in [-0.25, -0.2) is 9.37 Å². The van der Waals surface area contributed by atoms with E-state index in [1.807, 2.05) is 0 Å². The van der Waals surface area contributed by atoms with E-state index in [-0.39, 0.29) is 17.6 Å². The smallest absolute Gasteiger partial charge is 0.349 e. The highest BCUT2D eigenvalue weighted by molar-refractivity contribution is 9.10. The first kappa shape index (κ1) is 13.1. The van der Waals surface area contributed by atoms with Gasteiger partial charge >= 0.3 is 11.6 Å². The fraction of sp³-hybridized carbons (Fsp3) is 0. The molecular formula is C10H6BrFN4O3. The van der Waals surface area contributed by atoms with Crippen LogP contribution in [0.1, 0.15) is 0 Å². The quantitative estimate of drug-likeness (QED) is 0.686. The van der Waals surface area contributed by atoms with Gasteiger partial charge in [0.1, 0.15) is 17.8 Å². The highest BCUT2D eigenvalue weighted by atomic mass is 79.9. The van der Waals surface area contributed by atoms with Gasteiger partial charge in [-0.3, -0.25) is 10.1 Å². The molecule has 0 spiro atoms. The minimum absolute atomic E-state index is 0.168. The number of hydrogen-bond acceptors (Lipinski definition) is 6. The van der Waals surface area contributed by atoms with E-state index in [0.29, 0.717) is 4.47 Å². The lowest BCUT2D eigenvalue weighted by Crippen LogP contribution is -2.01. The first-order chi connectivity index (χ1) is 8.97. The molecule has 2 aromatic rings. The summed E-state index contributed by atoms with van der Waals surface area (Å²) in [5.74, 6) is -0.790. The van der Waals surface area contributed by atoms with E-state index in [2.05, 4.69) is 25.9 Å². The van der Waals surface area contributed by atoms with Crippen LogP contribution in [0.5, 0.6) is 11.6 Å². The Morgan fingerprint density at radius 1 is 1.47 bits per heavy atom. The monoisotopic (exact) mass is 328 g/mol. The van der Waals surface area contributed by atoms with Crippen molar-refractivity contribution in [2.24, 2.45) is 0 Å². The summed E-state index contributed by atoms with van der Waals surface area (Å²) in [4.78, 5) is 17.2. The number of anilines is 1. The lowest BCUT2D eigenvalue weighted by atomic mass is 10.3. The van der Waals surface area contributed by atoms with Gasteiger partial charge in [0, 0.05) is 0 Å². The van der Waals surface area contributed by atoms with Crippen molar-refractivity contribution >= 4 is 27.6 Å². The van der Waals surface area contributed by atoms with Crippen LogP contribution in [0, 0.1) is 15.9 Å². The number of hydrogen-bond donors (Lipinski definition) is 1. The average molecular weight is 329 g/mol. The maximum absolute atomic E-state index is 12.9. The van der Waals surface area contributed by atoms with Crippen molar-refractivity contribution in [1.29, 1.82) is 0 Å². The SMILES string of the molecule is Nc1ncc([N+](=O)[O-])c(Oc2ccc(F)cc2Br)n1. The Bertz CT molecular complexity index is 653. The van der Waals surface area contributed by atoms with Gasteiger partial charge in [0.2, 0.25) is 5.95 Å². The molecule has 0 amide bonds. The number of benzene rings is 1. The zero-order chi connectivity index (χ0) is 14.0. The second kappa shape index (κ2) is 5.14. The molecule has 0 atom stereocenters. The lowest BCUT2D eigenvalue weighted by Gasteiger charge is -2.07. The topological polar surface area (TPSA) is 104 Å². The van der Waals surface area contributed by atoms with E-state index in [0.717, 1.165) is 18.3 Å². The molecule has 1 aromatic carbocycles. The van der Waals surface area contributed by atoms with Crippen molar-refractivity contribution in [2.45, 2.75) is 0 Å². The van der Waals surface area contributed by atoms with E-state index < -0.39 is 16.4 Å². The molecule has 0 fully saturated rings. The molecule has 0 unspecified atom stereocenters. The van der Waals surface area contributed by atoms with Gasteiger partial charge < -0.3 is 10.5 Å². The Morgan fingerprint density at radius 3 is 2.84 bits per heavy atom. The van der Waals surface area contributed by atoms with Gasteiger partial charge in [0.25, 0.3) is 0 Å². The fourth-order valence-electron chi connectivity index (χ4n) is 1.24. The summed E-state index contributed by atoms with van der Waals surface area (Å²) in [6.45, 7) is 0. The largest absolute Gasteiger partial charge is 0.432 e. The van der Waals surface area contributed by atoms with Crippen LogP contribution in [0.25, 0.3) is 0 Å². The van der Waals surface area contributed by atoms with E-state index >= 15 is 0 Å². The molecule has 0 aliphatic rings. The van der Waals surface area contributed by atoms with Crippen molar-refractivity contribution < 1.29 is 14.1 Å². The Morgan fingerprint density at radius 2 is 2.21 bits per heavy atom. The van der Waals surface area contributed by atoms with Gasteiger partial charge in [-0.2, -0.15) is 4.98 Å². The van der Waals surface area contributed by atoms with Crippen LogP contribution in [0.15, 0.2) is 28.9 Å². The molecule has 7 nitrogen and oxygen atoms in total. The van der Waals surface area contributed by atoms with Crippen LogP contribution in [0.4, 0.5) is 16.0 Å². The number of nitrogen functional groups attached to an aromatic ring is 1. The van der Waals surface area contributed by atoms with E-state index in [1.54, 1.807) is 0 Å². The molecule has 0 aliphatic heterocycles. The fourth-order valence-corrected chi connectivity index (χ4v) is 1.67. The molecule has 0 saturated heterocycles. The van der Waals surface area contributed by atoms with Crippen LogP contribution < -0.4 is 10.5 Å². The van der Waals surface area contributed by atoms with Crippen molar-refractivity contribution in [3.63, 3.8) is 0 Å². The number of ether oxygens (including phenoxy) is 1. The van der Waals surface area contributed by atoms with Crippen LogP contribution in [-0.4, -0.2) is 14.9 Å². The first-order valence-corrected chi connectivity index (χ1v) is 5.66. The molecule has 1 heterocycles. The summed E-state index contributed by atoms with van der Waals surface area (Å²) in [5, 5.41) is 10.8. The van der Waals surface area contributed by atoms with Crippen molar-refractivity contribution in [2.75, 3.05) is 5.73 Å². The summed E-state index contributed by atoms with van der Waals surface area (Å²) in [6.07, 6.45) is 0.940. The third-order valence-corrected chi connectivity index (χ3v) is 2.67. The normalized spacial score (nSPS) is 10.2. The zero-order valence-corrected chi connectivity index (χ0v) is 10.8. The van der Waals surface area contributed by atoms with E-state index in [1.165, 1.54) is 6.07 Å². The number of aromatic nitrogens is 2. The Hall–Kier alpha value is -2.29. The predicted molar refractivity (Wildman–Crippen MR) is 67.3 cm³/mol. The Balaban J connectivity index is 2.42. The number of nitrogens with two attached hydrogens (primary N) is 1. The van der Waals surface area contributed by atoms with Gasteiger partial charge in [-0.15, -0.1) is 0 Å². The molecule has 2 N–H and O–H groups in total. The minimum atomic E-state index is -0.702. The first-order valence-electron chi connectivity index (χ1n) is 4.87. The molecule has 2 rings (SSSR count). The highest BCUT2D eigenvalue weighted by Gasteiger charge is 2.20. The van der Waals surface area contributed by atoms with Gasteiger partial charge in [0.05, 0.1) is 9.40 Å². The lowest BCUT2D eigenvalue weighted by molar-refractivity contribution is -0.386. The van der Waals surface area contributed by atoms with E-state index in [4.69, 9.17) is 10.5 Å². The van der Waals surface area contributed by atoms with Gasteiger partial charge in [-0.1, -0.05) is 0 Å². The maximum Gasteiger partial charge on any atom is 0.349 e. The molecule has 19 heavy (non-hydrogen) atoms. The molecule has 0 bridgehead atoms. The second-order valence-corrected chi connectivity index (χ2v) is 4.21. The van der Waals surface area contributed by atoms with Gasteiger partial charge in [-0.05, 0) is 34.1 Å². The minimum Gasteiger partial charge on any atom is -0.432 e. The van der Waals surface area contributed by atoms with Crippen molar-refractivity contribution in [3.05, 3.63) is 44.8 Å². The van der Waals surface area contributed by atoms with Crippen LogP contribution in [0.2, 0.25) is 0 Å². The zero-order valence-electron chi connectivity index (χ0n) is 9.21. The molecule has 0 radical (unpaired) electrons. The number of rotatable bonds is 3. The summed E-state index contributed by atoms with van der Waals surface area (Å²) in [5.41, 5.74) is 4.91. The summed E-state index contributed by atoms with van der Waals surface area (Å²) >= 11 is 3.08. The van der Waals surface area contributed by atoms with Crippen molar-refractivity contribution in [3.8, 4) is 11.6 Å². The molecule has 0 aliphatic carbocycles. The highest BCUT2D eigenvalue weighted by Crippen LogP contribution is 2.33. The number of nitro groups is 1. The molecule has 1 aromatic heterocycles. The molecule has 9 heteroatoms. The standard InChI is InChI=1S/C10H6BrFN4O3/c11-6-3-5(12)1-2-8(6)19-9-7(16(17)18)4-14-10(13)15-9/h1-4H,(H2,13,14,15). The summed E-state index contributed by atoms with van der Waals surface area (Å²) in [6, 6.07) is 3.61. The summed E-state index contributed by atoms with van der Waals surface area (Å²) in [7, 11) is 0. The average Bonchev–Trinajstić information content (AvgIpc) is 2.32. The second-order valence-electron chi connectivity index (χ2n) is 3.35. The molecular weight excluding hydrogens is 323 g/mol. The van der Waals surface area contributed by atoms with E-state index in [9.17, 15) is 14.5 Å². The Labute approximate surface area is 114 Å². The maximum atomic E-state index is 12.9. The Kier molecular flexibility index (Phi) is 3.56. The number of nitrogens with zero attached hydrogens (tertiary/aromatic N) is 3. The molecule has 98 valence electrons. The number of halogens is 2. The van der Waals surface area contributed by atoms with Crippen LogP contribution in [0.3, 0.4) is 0 Å². The van der Waals surface area contributed by atoms with Crippen LogP contribution in [-0.2, 0) is 0 Å².